The summed E-state index contributed by atoms with van der Waals surface area (Å²) < 4.78 is 5.65. The highest BCUT2D eigenvalue weighted by atomic mass is 16.6. The number of esters is 1. The van der Waals surface area contributed by atoms with Crippen molar-refractivity contribution in [2.24, 2.45) is 5.16 Å². The van der Waals surface area contributed by atoms with Crippen LogP contribution in [-0.4, -0.2) is 29.5 Å². The molecular weight excluding hydrogens is 342 g/mol. The van der Waals surface area contributed by atoms with Crippen LogP contribution in [0, 0.1) is 0 Å². The Labute approximate surface area is 160 Å². The van der Waals surface area contributed by atoms with E-state index in [-0.39, 0.29) is 11.7 Å². The van der Waals surface area contributed by atoms with Gasteiger partial charge in [-0.1, -0.05) is 41.6 Å². The summed E-state index contributed by atoms with van der Waals surface area (Å²) in [7, 11) is 0. The molecule has 1 heterocycles. The molecule has 1 aliphatic heterocycles. The van der Waals surface area contributed by atoms with Gasteiger partial charge in [0.05, 0.1) is 5.57 Å². The fourth-order valence-electron chi connectivity index (χ4n) is 3.68. The number of rotatable bonds is 8. The molecule has 0 bridgehead atoms. The number of benzene rings is 1. The molecule has 1 fully saturated rings. The first-order chi connectivity index (χ1) is 13.2. The highest BCUT2D eigenvalue weighted by molar-refractivity contribution is 5.90. The molecule has 0 unspecified atom stereocenters. The summed E-state index contributed by atoms with van der Waals surface area (Å²) in [6.45, 7) is 0.408. The fourth-order valence-corrected chi connectivity index (χ4v) is 3.68. The number of unbranched alkanes of at least 4 members (excludes halogenated alkanes) is 1. The molecular formula is C22H27NO4. The molecule has 1 aromatic rings. The maximum Gasteiger partial charge on any atom is 0.337 e. The average Bonchev–Trinajstić information content (AvgIpc) is 3.10. The maximum atomic E-state index is 12.2. The van der Waals surface area contributed by atoms with Crippen LogP contribution in [0.15, 0.2) is 52.9 Å². The van der Waals surface area contributed by atoms with Crippen LogP contribution < -0.4 is 0 Å². The number of hydrogen-bond acceptors (Lipinski definition) is 5. The van der Waals surface area contributed by atoms with Gasteiger partial charge in [0.15, 0.2) is 0 Å². The van der Waals surface area contributed by atoms with Crippen molar-refractivity contribution in [3.8, 4) is 0 Å². The predicted octanol–water partition coefficient (Wildman–Crippen LogP) is 4.94. The lowest BCUT2D eigenvalue weighted by Gasteiger charge is -2.33. The monoisotopic (exact) mass is 369 g/mol. The van der Waals surface area contributed by atoms with Gasteiger partial charge in [0.25, 0.3) is 0 Å². The van der Waals surface area contributed by atoms with E-state index in [1.165, 1.54) is 0 Å². The minimum atomic E-state index is -0.437. The summed E-state index contributed by atoms with van der Waals surface area (Å²) in [6, 6.07) is 10.0. The Hall–Kier alpha value is -2.56. The number of carbonyl (C=O) groups excluding carboxylic acids is 1. The van der Waals surface area contributed by atoms with E-state index in [1.54, 1.807) is 6.21 Å². The number of nitrogens with zero attached hydrogens (tertiary/aromatic N) is 1. The summed E-state index contributed by atoms with van der Waals surface area (Å²) in [6.07, 6.45) is 11.8. The third-order valence-electron chi connectivity index (χ3n) is 5.10. The average molecular weight is 369 g/mol. The van der Waals surface area contributed by atoms with Crippen LogP contribution in [-0.2, 0) is 14.4 Å². The molecule has 1 saturated carbocycles. The van der Waals surface area contributed by atoms with Gasteiger partial charge < -0.3 is 14.7 Å². The topological polar surface area (TPSA) is 68.1 Å². The van der Waals surface area contributed by atoms with Crippen LogP contribution in [0.25, 0.3) is 6.08 Å². The molecule has 0 saturated heterocycles. The van der Waals surface area contributed by atoms with Gasteiger partial charge in [-0.05, 0) is 56.6 Å². The van der Waals surface area contributed by atoms with Crippen LogP contribution in [0.4, 0.5) is 0 Å². The molecule has 5 heteroatoms. The van der Waals surface area contributed by atoms with Crippen LogP contribution in [0.3, 0.4) is 0 Å². The van der Waals surface area contributed by atoms with Gasteiger partial charge in [-0.2, -0.15) is 0 Å². The third kappa shape index (κ3) is 5.46. The van der Waals surface area contributed by atoms with Crippen molar-refractivity contribution < 1.29 is 19.5 Å². The van der Waals surface area contributed by atoms with Crippen molar-refractivity contribution in [1.82, 2.24) is 0 Å². The quantitative estimate of drug-likeness (QED) is 0.305. The zero-order valence-electron chi connectivity index (χ0n) is 15.6. The molecule has 5 nitrogen and oxygen atoms in total. The lowest BCUT2D eigenvalue weighted by atomic mass is 9.90. The molecule has 0 radical (unpaired) electrons. The second kappa shape index (κ2) is 9.40. The van der Waals surface area contributed by atoms with Crippen molar-refractivity contribution in [2.75, 3.05) is 6.61 Å². The molecule has 0 amide bonds. The van der Waals surface area contributed by atoms with Gasteiger partial charge in [0.2, 0.25) is 0 Å². The van der Waals surface area contributed by atoms with Crippen molar-refractivity contribution in [3.63, 3.8) is 0 Å². The number of aliphatic hydroxyl groups is 1. The Morgan fingerprint density at radius 2 is 2.00 bits per heavy atom. The smallest absolute Gasteiger partial charge is 0.337 e. The maximum absolute atomic E-state index is 12.2. The zero-order chi connectivity index (χ0) is 19.0. The number of ether oxygens (including phenoxy) is 1. The van der Waals surface area contributed by atoms with Gasteiger partial charge in [0.1, 0.15) is 18.0 Å². The number of oxime groups is 1. The number of aliphatic hydroxyl groups excluding tert-OH is 1. The van der Waals surface area contributed by atoms with Crippen molar-refractivity contribution in [3.05, 3.63) is 53.3 Å². The van der Waals surface area contributed by atoms with Gasteiger partial charge >= 0.3 is 5.97 Å². The molecule has 0 aromatic heterocycles. The molecule has 3 rings (SSSR count). The SMILES string of the molecule is O=C1OC2(CCCC2)CC(O)=C1CCCC=NOCC=Cc1ccccc1. The van der Waals surface area contributed by atoms with Gasteiger partial charge in [0, 0.05) is 12.6 Å². The summed E-state index contributed by atoms with van der Waals surface area (Å²) in [5.41, 5.74) is 1.11. The zero-order valence-corrected chi connectivity index (χ0v) is 15.6. The Kier molecular flexibility index (Phi) is 6.69. The van der Waals surface area contributed by atoms with E-state index in [1.807, 2.05) is 42.5 Å². The third-order valence-corrected chi connectivity index (χ3v) is 5.10. The largest absolute Gasteiger partial charge is 0.512 e. The number of hydrogen-bond donors (Lipinski definition) is 1. The van der Waals surface area contributed by atoms with E-state index in [0.717, 1.165) is 31.2 Å². The highest BCUT2D eigenvalue weighted by Crippen LogP contribution is 2.42. The Bertz CT molecular complexity index is 715. The second-order valence-electron chi connectivity index (χ2n) is 7.17. The fraction of sp³-hybridized carbons (Fsp3) is 0.455. The first-order valence-corrected chi connectivity index (χ1v) is 9.68. The minimum Gasteiger partial charge on any atom is -0.512 e. The predicted molar refractivity (Wildman–Crippen MR) is 105 cm³/mol. The summed E-state index contributed by atoms with van der Waals surface area (Å²) in [5.74, 6) is -0.132. The molecule has 1 aromatic carbocycles. The lowest BCUT2D eigenvalue weighted by Crippen LogP contribution is -2.37. The van der Waals surface area contributed by atoms with Crippen molar-refractivity contribution >= 4 is 18.3 Å². The van der Waals surface area contributed by atoms with E-state index in [0.29, 0.717) is 37.9 Å². The van der Waals surface area contributed by atoms with Crippen molar-refractivity contribution in [1.29, 1.82) is 0 Å². The molecule has 0 atom stereocenters. The van der Waals surface area contributed by atoms with Crippen LogP contribution in [0.1, 0.15) is 56.9 Å². The summed E-state index contributed by atoms with van der Waals surface area (Å²) >= 11 is 0. The Morgan fingerprint density at radius 3 is 2.74 bits per heavy atom. The normalized spacial score (nSPS) is 19.3. The summed E-state index contributed by atoms with van der Waals surface area (Å²) in [4.78, 5) is 17.4. The Balaban J connectivity index is 1.34. The van der Waals surface area contributed by atoms with Gasteiger partial charge in [-0.25, -0.2) is 4.79 Å². The van der Waals surface area contributed by atoms with E-state index >= 15 is 0 Å². The molecule has 1 N–H and O–H groups in total. The van der Waals surface area contributed by atoms with E-state index in [4.69, 9.17) is 9.57 Å². The van der Waals surface area contributed by atoms with Gasteiger partial charge in [-0.3, -0.25) is 0 Å². The molecule has 27 heavy (non-hydrogen) atoms. The summed E-state index contributed by atoms with van der Waals surface area (Å²) in [5, 5.41) is 14.2. The van der Waals surface area contributed by atoms with Crippen LogP contribution >= 0.6 is 0 Å². The second-order valence-corrected chi connectivity index (χ2v) is 7.17. The van der Waals surface area contributed by atoms with E-state index in [2.05, 4.69) is 5.16 Å². The first kappa shape index (κ1) is 19.2. The standard InChI is InChI=1S/C22H27NO4/c24-20-17-22(13-5-6-14-22)27-21(25)19(20)12-4-7-15-23-26-16-8-11-18-9-2-1-3-10-18/h1-3,8-11,15,24H,4-7,12-14,16-17H2. The van der Waals surface area contributed by atoms with E-state index in [9.17, 15) is 9.90 Å². The molecule has 144 valence electrons. The van der Waals surface area contributed by atoms with Crippen molar-refractivity contribution in [2.45, 2.75) is 57.0 Å². The molecule has 2 aliphatic rings. The Morgan fingerprint density at radius 1 is 1.22 bits per heavy atom. The lowest BCUT2D eigenvalue weighted by molar-refractivity contribution is -0.158. The first-order valence-electron chi connectivity index (χ1n) is 9.68. The van der Waals surface area contributed by atoms with E-state index < -0.39 is 5.60 Å². The van der Waals surface area contributed by atoms with Gasteiger partial charge in [-0.15, -0.1) is 0 Å². The van der Waals surface area contributed by atoms with Crippen LogP contribution in [0.2, 0.25) is 0 Å². The van der Waals surface area contributed by atoms with Crippen LogP contribution in [0.5, 0.6) is 0 Å². The highest BCUT2D eigenvalue weighted by Gasteiger charge is 2.43. The molecule has 1 spiro atoms. The molecule has 1 aliphatic carbocycles. The minimum absolute atomic E-state index is 0.215. The number of carbonyl (C=O) groups is 1.